The predicted octanol–water partition coefficient (Wildman–Crippen LogP) is 1.81. The van der Waals surface area contributed by atoms with Crippen LogP contribution < -0.4 is 5.32 Å². The first-order chi connectivity index (χ1) is 6.97. The summed E-state index contributed by atoms with van der Waals surface area (Å²) in [5, 5.41) is 3.57. The van der Waals surface area contributed by atoms with Gasteiger partial charge in [0.25, 0.3) is 0 Å². The lowest BCUT2D eigenvalue weighted by Gasteiger charge is -2.23. The average Bonchev–Trinajstić information content (AvgIpc) is 2.14. The van der Waals surface area contributed by atoms with E-state index in [0.29, 0.717) is 11.0 Å². The van der Waals surface area contributed by atoms with E-state index < -0.39 is 0 Å². The van der Waals surface area contributed by atoms with Crippen LogP contribution in [0.3, 0.4) is 0 Å². The van der Waals surface area contributed by atoms with Crippen molar-refractivity contribution in [1.82, 2.24) is 5.32 Å². The van der Waals surface area contributed by atoms with Gasteiger partial charge in [-0.3, -0.25) is 4.79 Å². The Hall–Kier alpha value is -0.220. The summed E-state index contributed by atoms with van der Waals surface area (Å²) in [5.74, 6) is 0.709. The Morgan fingerprint density at radius 3 is 2.53 bits per heavy atom. The highest BCUT2D eigenvalue weighted by Gasteiger charge is 2.18. The maximum absolute atomic E-state index is 11.5. The molecule has 15 heavy (non-hydrogen) atoms. The first-order valence-corrected chi connectivity index (χ1v) is 6.52. The van der Waals surface area contributed by atoms with Crippen LogP contribution in [-0.2, 0) is 9.53 Å². The summed E-state index contributed by atoms with van der Waals surface area (Å²) in [6.07, 6.45) is 2.15. The summed E-state index contributed by atoms with van der Waals surface area (Å²) in [4.78, 5) is 11.5. The number of ether oxygens (including phenoxy) is 1. The second-order valence-corrected chi connectivity index (χ2v) is 6.21. The van der Waals surface area contributed by atoms with Crippen LogP contribution in [0, 0.1) is 0 Å². The minimum Gasteiger partial charge on any atom is -0.381 e. The molecule has 88 valence electrons. The predicted molar refractivity (Wildman–Crippen MR) is 64.2 cm³/mol. The molecule has 0 unspecified atom stereocenters. The highest BCUT2D eigenvalue weighted by Crippen LogP contribution is 2.21. The molecule has 0 aromatic carbocycles. The van der Waals surface area contributed by atoms with Crippen LogP contribution in [-0.4, -0.2) is 35.7 Å². The molecule has 0 aliphatic carbocycles. The topological polar surface area (TPSA) is 38.3 Å². The monoisotopic (exact) mass is 231 g/mol. The second-order valence-electron chi connectivity index (χ2n) is 4.92. The van der Waals surface area contributed by atoms with Crippen LogP contribution in [0.4, 0.5) is 0 Å². The van der Waals surface area contributed by atoms with E-state index in [1.807, 2.05) is 20.8 Å². The first-order valence-electron chi connectivity index (χ1n) is 5.48. The fraction of sp³-hybridized carbons (Fsp3) is 0.909. The van der Waals surface area contributed by atoms with Crippen LogP contribution in [0.1, 0.15) is 33.6 Å². The van der Waals surface area contributed by atoms with Gasteiger partial charge in [0.2, 0.25) is 5.91 Å². The van der Waals surface area contributed by atoms with E-state index in [4.69, 9.17) is 4.74 Å². The lowest BCUT2D eigenvalue weighted by Crippen LogP contribution is -2.41. The molecular formula is C11H21NO2S. The Morgan fingerprint density at radius 1 is 1.40 bits per heavy atom. The summed E-state index contributed by atoms with van der Waals surface area (Å²) < 4.78 is 5.27. The zero-order chi connectivity index (χ0) is 11.3. The van der Waals surface area contributed by atoms with Gasteiger partial charge in [0.15, 0.2) is 0 Å². The smallest absolute Gasteiger partial charge is 0.230 e. The van der Waals surface area contributed by atoms with Crippen LogP contribution >= 0.6 is 11.8 Å². The molecule has 4 heteroatoms. The van der Waals surface area contributed by atoms with Gasteiger partial charge in [-0.25, -0.2) is 0 Å². The molecule has 1 heterocycles. The number of nitrogens with one attached hydrogen (secondary N) is 1. The first kappa shape index (κ1) is 12.8. The van der Waals surface area contributed by atoms with Gasteiger partial charge in [0, 0.05) is 24.0 Å². The summed E-state index contributed by atoms with van der Waals surface area (Å²) >= 11 is 1.75. The number of carbonyl (C=O) groups is 1. The quantitative estimate of drug-likeness (QED) is 0.805. The largest absolute Gasteiger partial charge is 0.381 e. The Labute approximate surface area is 96.3 Å². The minimum absolute atomic E-state index is 0.118. The highest BCUT2D eigenvalue weighted by molar-refractivity contribution is 8.00. The SMILES string of the molecule is CC(C)(C)NC(=O)CSC1CCOCC1. The Kier molecular flexibility index (Phi) is 4.93. The standard InChI is InChI=1S/C11H21NO2S/c1-11(2,3)12-10(13)8-15-9-4-6-14-7-5-9/h9H,4-8H2,1-3H3,(H,12,13). The maximum Gasteiger partial charge on any atom is 0.230 e. The molecule has 1 amide bonds. The molecule has 1 saturated heterocycles. The van der Waals surface area contributed by atoms with Crippen molar-refractivity contribution in [2.75, 3.05) is 19.0 Å². The van der Waals surface area contributed by atoms with Crippen LogP contribution in [0.2, 0.25) is 0 Å². The highest BCUT2D eigenvalue weighted by atomic mass is 32.2. The van der Waals surface area contributed by atoms with Gasteiger partial charge >= 0.3 is 0 Å². The average molecular weight is 231 g/mol. The van der Waals surface area contributed by atoms with E-state index in [1.165, 1.54) is 0 Å². The lowest BCUT2D eigenvalue weighted by molar-refractivity contribution is -0.119. The molecule has 0 radical (unpaired) electrons. The minimum atomic E-state index is -0.118. The molecule has 1 aliphatic heterocycles. The van der Waals surface area contributed by atoms with Gasteiger partial charge in [-0.15, -0.1) is 11.8 Å². The molecule has 1 aliphatic rings. The number of thioether (sulfide) groups is 1. The van der Waals surface area contributed by atoms with Crippen molar-refractivity contribution in [3.8, 4) is 0 Å². The van der Waals surface area contributed by atoms with Gasteiger partial charge in [-0.05, 0) is 33.6 Å². The Balaban J connectivity index is 2.15. The van der Waals surface area contributed by atoms with E-state index in [2.05, 4.69) is 5.32 Å². The third-order valence-electron chi connectivity index (χ3n) is 2.13. The van der Waals surface area contributed by atoms with Crippen LogP contribution in [0.25, 0.3) is 0 Å². The van der Waals surface area contributed by atoms with E-state index in [9.17, 15) is 4.79 Å². The number of carbonyl (C=O) groups excluding carboxylic acids is 1. The molecular weight excluding hydrogens is 210 g/mol. The van der Waals surface area contributed by atoms with Crippen molar-refractivity contribution in [2.24, 2.45) is 0 Å². The van der Waals surface area contributed by atoms with E-state index in [0.717, 1.165) is 26.1 Å². The van der Waals surface area contributed by atoms with Crippen LogP contribution in [0.15, 0.2) is 0 Å². The van der Waals surface area contributed by atoms with Crippen molar-refractivity contribution in [2.45, 2.75) is 44.4 Å². The summed E-state index contributed by atoms with van der Waals surface area (Å²) in [6, 6.07) is 0. The molecule has 3 nitrogen and oxygen atoms in total. The molecule has 0 aromatic rings. The molecule has 1 rings (SSSR count). The normalized spacial score (nSPS) is 18.9. The van der Waals surface area contributed by atoms with Gasteiger partial charge < -0.3 is 10.1 Å². The maximum atomic E-state index is 11.5. The molecule has 0 atom stereocenters. The molecule has 0 saturated carbocycles. The fourth-order valence-corrected chi connectivity index (χ4v) is 2.48. The molecule has 1 N–H and O–H groups in total. The van der Waals surface area contributed by atoms with Crippen molar-refractivity contribution in [1.29, 1.82) is 0 Å². The summed E-state index contributed by atoms with van der Waals surface area (Å²) in [7, 11) is 0. The van der Waals surface area contributed by atoms with Crippen molar-refractivity contribution >= 4 is 17.7 Å². The third-order valence-corrected chi connectivity index (χ3v) is 3.50. The van der Waals surface area contributed by atoms with Gasteiger partial charge in [-0.2, -0.15) is 0 Å². The number of hydrogen-bond donors (Lipinski definition) is 1. The van der Waals surface area contributed by atoms with Gasteiger partial charge in [0.05, 0.1) is 5.75 Å². The van der Waals surface area contributed by atoms with Gasteiger partial charge in [0.1, 0.15) is 0 Å². The van der Waals surface area contributed by atoms with Crippen molar-refractivity contribution < 1.29 is 9.53 Å². The number of amides is 1. The number of rotatable bonds is 3. The van der Waals surface area contributed by atoms with E-state index >= 15 is 0 Å². The van der Waals surface area contributed by atoms with E-state index in [1.54, 1.807) is 11.8 Å². The number of hydrogen-bond acceptors (Lipinski definition) is 3. The zero-order valence-corrected chi connectivity index (χ0v) is 10.7. The fourth-order valence-electron chi connectivity index (χ4n) is 1.49. The van der Waals surface area contributed by atoms with E-state index in [-0.39, 0.29) is 11.4 Å². The summed E-state index contributed by atoms with van der Waals surface area (Å²) in [5.41, 5.74) is -0.118. The second kappa shape index (κ2) is 5.75. The zero-order valence-electron chi connectivity index (χ0n) is 9.84. The van der Waals surface area contributed by atoms with Crippen molar-refractivity contribution in [3.05, 3.63) is 0 Å². The molecule has 1 fully saturated rings. The molecule has 0 spiro atoms. The Morgan fingerprint density at radius 2 is 2.00 bits per heavy atom. The third kappa shape index (κ3) is 6.05. The van der Waals surface area contributed by atoms with Crippen LogP contribution in [0.5, 0.6) is 0 Å². The lowest BCUT2D eigenvalue weighted by atomic mass is 10.1. The summed E-state index contributed by atoms with van der Waals surface area (Å²) in [6.45, 7) is 7.70. The molecule has 0 aromatic heterocycles. The Bertz CT molecular complexity index is 207. The van der Waals surface area contributed by atoms with Crippen molar-refractivity contribution in [3.63, 3.8) is 0 Å². The van der Waals surface area contributed by atoms with Gasteiger partial charge in [-0.1, -0.05) is 0 Å². The molecule has 0 bridgehead atoms.